The largest absolute Gasteiger partial charge is 0.393 e. The summed E-state index contributed by atoms with van der Waals surface area (Å²) in [6, 6.07) is 0. The molecule has 1 N–H and O–H groups in total. The molecule has 4 saturated carbocycles. The zero-order valence-corrected chi connectivity index (χ0v) is 16.2. The molecular weight excluding hydrogens is 324 g/mol. The van der Waals surface area contributed by atoms with E-state index >= 15 is 0 Å². The minimum atomic E-state index is -0.297. The molecule has 0 aliphatic heterocycles. The van der Waals surface area contributed by atoms with Crippen LogP contribution in [0.1, 0.15) is 78.1 Å². The Hall–Kier alpha value is -0.960. The predicted molar refractivity (Wildman–Crippen MR) is 99.4 cm³/mol. The van der Waals surface area contributed by atoms with E-state index in [0.29, 0.717) is 30.0 Å². The maximum atomic E-state index is 12.2. The number of hydrogen-bond acceptors (Lipinski definition) is 3. The number of carbonyl (C=O) groups excluding carboxylic acids is 2. The van der Waals surface area contributed by atoms with Crippen LogP contribution < -0.4 is 0 Å². The van der Waals surface area contributed by atoms with E-state index in [-0.39, 0.29) is 28.1 Å². The van der Waals surface area contributed by atoms with Crippen molar-refractivity contribution in [3.63, 3.8) is 0 Å². The van der Waals surface area contributed by atoms with Crippen molar-refractivity contribution in [3.8, 4) is 0 Å². The van der Waals surface area contributed by atoms with Gasteiger partial charge in [0, 0.05) is 19.3 Å². The van der Waals surface area contributed by atoms with Gasteiger partial charge in [-0.2, -0.15) is 0 Å². The quantitative estimate of drug-likeness (QED) is 0.707. The van der Waals surface area contributed by atoms with Gasteiger partial charge in [0.15, 0.2) is 5.78 Å². The van der Waals surface area contributed by atoms with Crippen molar-refractivity contribution in [2.45, 2.75) is 84.2 Å². The number of Topliss-reactive ketones (excluding diaryl/α,β-unsaturated/α-hetero) is 1. The first-order valence-electron chi connectivity index (χ1n) is 10.7. The predicted octanol–water partition coefficient (Wildman–Crippen LogP) is 4.23. The molecule has 0 aromatic carbocycles. The van der Waals surface area contributed by atoms with E-state index in [0.717, 1.165) is 44.9 Å². The van der Waals surface area contributed by atoms with Crippen molar-refractivity contribution in [2.75, 3.05) is 0 Å². The van der Waals surface area contributed by atoms with Crippen LogP contribution >= 0.6 is 0 Å². The molecule has 0 bridgehead atoms. The summed E-state index contributed by atoms with van der Waals surface area (Å²) in [6.07, 6.45) is 11.1. The van der Waals surface area contributed by atoms with Crippen molar-refractivity contribution >= 4 is 11.6 Å². The fourth-order valence-corrected chi connectivity index (χ4v) is 8.53. The van der Waals surface area contributed by atoms with E-state index in [1.165, 1.54) is 18.4 Å². The summed E-state index contributed by atoms with van der Waals surface area (Å²) in [5.41, 5.74) is 1.57. The van der Waals surface area contributed by atoms with Crippen LogP contribution in [0.25, 0.3) is 0 Å². The lowest BCUT2D eigenvalue weighted by Gasteiger charge is -2.61. The molecule has 142 valence electrons. The van der Waals surface area contributed by atoms with Gasteiger partial charge >= 0.3 is 0 Å². The van der Waals surface area contributed by atoms with Gasteiger partial charge in [0.1, 0.15) is 5.78 Å². The third-order valence-corrected chi connectivity index (χ3v) is 9.85. The Morgan fingerprint density at radius 1 is 1.04 bits per heavy atom. The van der Waals surface area contributed by atoms with Gasteiger partial charge in [0.25, 0.3) is 0 Å². The smallest absolute Gasteiger partial charge is 0.155 e. The number of ketones is 2. The van der Waals surface area contributed by atoms with E-state index in [4.69, 9.17) is 0 Å². The second-order valence-corrected chi connectivity index (χ2v) is 10.6. The first-order valence-corrected chi connectivity index (χ1v) is 10.7. The van der Waals surface area contributed by atoms with Crippen LogP contribution in [-0.4, -0.2) is 22.8 Å². The minimum absolute atomic E-state index is 0.00117. The molecule has 1 spiro atoms. The molecule has 0 saturated heterocycles. The van der Waals surface area contributed by atoms with Gasteiger partial charge in [0.05, 0.1) is 6.10 Å². The molecule has 7 atom stereocenters. The molecular formula is C23H32O3. The number of rotatable bonds is 0. The molecule has 0 heterocycles. The van der Waals surface area contributed by atoms with E-state index in [1.807, 2.05) is 6.08 Å². The van der Waals surface area contributed by atoms with Crippen molar-refractivity contribution < 1.29 is 14.7 Å². The monoisotopic (exact) mass is 356 g/mol. The van der Waals surface area contributed by atoms with Crippen LogP contribution in [-0.2, 0) is 9.59 Å². The Morgan fingerprint density at radius 2 is 1.85 bits per heavy atom. The molecule has 5 aliphatic rings. The Labute approximate surface area is 156 Å². The Bertz CT molecular complexity index is 708. The molecule has 4 fully saturated rings. The summed E-state index contributed by atoms with van der Waals surface area (Å²) in [6.45, 7) is 4.72. The highest BCUT2D eigenvalue weighted by molar-refractivity contribution is 5.91. The maximum Gasteiger partial charge on any atom is 0.155 e. The highest BCUT2D eigenvalue weighted by atomic mass is 16.3. The minimum Gasteiger partial charge on any atom is -0.393 e. The van der Waals surface area contributed by atoms with Crippen LogP contribution in [0.5, 0.6) is 0 Å². The lowest BCUT2D eigenvalue weighted by molar-refractivity contribution is -0.148. The van der Waals surface area contributed by atoms with Gasteiger partial charge in [-0.1, -0.05) is 19.4 Å². The Kier molecular flexibility index (Phi) is 3.50. The van der Waals surface area contributed by atoms with Crippen molar-refractivity contribution in [2.24, 2.45) is 34.0 Å². The van der Waals surface area contributed by atoms with E-state index in [9.17, 15) is 14.7 Å². The standard InChI is InChI=1S/C23H32O3/c1-21-8-5-15(24)11-14(21)3-4-17-18-7-10-23(9-6-16(25)12-23)22(18,2)13-19(26)20(17)21/h11,17-20,26H,3-10,12-13H2,1-2H3/t17?,18?,19-,20?,21+,22+,23-/m1/s1. The second-order valence-electron chi connectivity index (χ2n) is 10.6. The summed E-state index contributed by atoms with van der Waals surface area (Å²) < 4.78 is 0. The Morgan fingerprint density at radius 3 is 2.58 bits per heavy atom. The average molecular weight is 357 g/mol. The first kappa shape index (κ1) is 17.2. The van der Waals surface area contributed by atoms with E-state index < -0.39 is 0 Å². The molecule has 0 aromatic rings. The average Bonchev–Trinajstić information content (AvgIpc) is 3.09. The number of aliphatic hydroxyl groups excluding tert-OH is 1. The lowest BCUT2D eigenvalue weighted by atomic mass is 9.44. The summed E-state index contributed by atoms with van der Waals surface area (Å²) in [5, 5.41) is 11.4. The normalized spacial score (nSPS) is 53.3. The van der Waals surface area contributed by atoms with Crippen molar-refractivity contribution in [1.29, 1.82) is 0 Å². The Balaban J connectivity index is 1.53. The van der Waals surface area contributed by atoms with Crippen LogP contribution in [0.2, 0.25) is 0 Å². The molecule has 5 aliphatic carbocycles. The van der Waals surface area contributed by atoms with Crippen molar-refractivity contribution in [1.82, 2.24) is 0 Å². The van der Waals surface area contributed by atoms with Crippen LogP contribution in [0.4, 0.5) is 0 Å². The second kappa shape index (κ2) is 5.31. The lowest BCUT2D eigenvalue weighted by Crippen LogP contribution is -2.58. The van der Waals surface area contributed by atoms with Gasteiger partial charge in [-0.15, -0.1) is 0 Å². The fourth-order valence-electron chi connectivity index (χ4n) is 8.53. The molecule has 3 nitrogen and oxygen atoms in total. The SMILES string of the molecule is C[C@]12CCC(=O)C=C1CCC1C2[C@H](O)C[C@@]2(C)C1CC[C@@]21CCC(=O)C1. The molecule has 0 radical (unpaired) electrons. The number of aliphatic hydroxyl groups is 1. The highest BCUT2D eigenvalue weighted by Gasteiger charge is 2.67. The van der Waals surface area contributed by atoms with Crippen LogP contribution in [0.15, 0.2) is 11.6 Å². The molecule has 5 rings (SSSR count). The number of fused-ring (bicyclic) bond motifs is 6. The zero-order chi connectivity index (χ0) is 18.3. The molecule has 0 amide bonds. The highest BCUT2D eigenvalue weighted by Crippen LogP contribution is 2.72. The number of carbonyl (C=O) groups is 2. The van der Waals surface area contributed by atoms with E-state index in [1.54, 1.807) is 0 Å². The van der Waals surface area contributed by atoms with Gasteiger partial charge in [-0.25, -0.2) is 0 Å². The molecule has 3 unspecified atom stereocenters. The topological polar surface area (TPSA) is 54.4 Å². The first-order chi connectivity index (χ1) is 12.3. The third-order valence-electron chi connectivity index (χ3n) is 9.85. The van der Waals surface area contributed by atoms with Gasteiger partial charge in [-0.3, -0.25) is 9.59 Å². The van der Waals surface area contributed by atoms with E-state index in [2.05, 4.69) is 13.8 Å². The number of allylic oxidation sites excluding steroid dienone is 1. The fraction of sp³-hybridized carbons (Fsp3) is 0.826. The van der Waals surface area contributed by atoms with Gasteiger partial charge < -0.3 is 5.11 Å². The molecule has 3 heteroatoms. The summed E-state index contributed by atoms with van der Waals surface area (Å²) in [7, 11) is 0. The molecule has 26 heavy (non-hydrogen) atoms. The number of hydrogen-bond donors (Lipinski definition) is 1. The van der Waals surface area contributed by atoms with Crippen molar-refractivity contribution in [3.05, 3.63) is 11.6 Å². The third kappa shape index (κ3) is 1.99. The summed E-state index contributed by atoms with van der Waals surface area (Å²) in [5.74, 6) is 2.19. The summed E-state index contributed by atoms with van der Waals surface area (Å²) in [4.78, 5) is 24.1. The van der Waals surface area contributed by atoms with Gasteiger partial charge in [0.2, 0.25) is 0 Å². The van der Waals surface area contributed by atoms with Gasteiger partial charge in [-0.05, 0) is 85.0 Å². The zero-order valence-electron chi connectivity index (χ0n) is 16.2. The maximum absolute atomic E-state index is 12.2. The summed E-state index contributed by atoms with van der Waals surface area (Å²) >= 11 is 0. The van der Waals surface area contributed by atoms with Crippen LogP contribution in [0, 0.1) is 34.0 Å². The van der Waals surface area contributed by atoms with Crippen LogP contribution in [0.3, 0.4) is 0 Å². The molecule has 0 aromatic heterocycles.